The van der Waals surface area contributed by atoms with E-state index >= 15 is 0 Å². The topological polar surface area (TPSA) is 68.2 Å². The molecule has 98 valence electrons. The van der Waals surface area contributed by atoms with Gasteiger partial charge >= 0.3 is 0 Å². The Bertz CT molecular complexity index is 341. The quantitative estimate of drug-likeness (QED) is 0.820. The van der Waals surface area contributed by atoms with E-state index in [1.807, 2.05) is 13.8 Å². The second-order valence-electron chi connectivity index (χ2n) is 5.45. The molecular formula is C12H24N4O. The molecule has 2 N–H and O–H groups in total. The maximum absolute atomic E-state index is 5.92. The molecule has 5 heteroatoms. The number of hydrogen-bond donors (Lipinski definition) is 1. The third-order valence-electron chi connectivity index (χ3n) is 2.47. The normalized spacial score (nSPS) is 12.7. The molecule has 1 aromatic rings. The Hall–Kier alpha value is -0.940. The molecule has 5 nitrogen and oxygen atoms in total. The van der Waals surface area contributed by atoms with Gasteiger partial charge in [-0.3, -0.25) is 4.90 Å². The van der Waals surface area contributed by atoms with E-state index in [0.29, 0.717) is 24.2 Å². The summed E-state index contributed by atoms with van der Waals surface area (Å²) in [5, 5.41) is 3.92. The second-order valence-corrected chi connectivity index (χ2v) is 5.45. The monoisotopic (exact) mass is 240 g/mol. The first-order valence-electron chi connectivity index (χ1n) is 6.17. The van der Waals surface area contributed by atoms with Gasteiger partial charge in [-0.05, 0) is 26.3 Å². The summed E-state index contributed by atoms with van der Waals surface area (Å²) >= 11 is 0. The number of aromatic nitrogens is 2. The van der Waals surface area contributed by atoms with Crippen molar-refractivity contribution >= 4 is 0 Å². The molecule has 0 radical (unpaired) electrons. The molecule has 17 heavy (non-hydrogen) atoms. The number of nitrogens with two attached hydrogens (primary N) is 1. The van der Waals surface area contributed by atoms with Crippen LogP contribution in [-0.4, -0.2) is 28.1 Å². The summed E-state index contributed by atoms with van der Waals surface area (Å²) in [7, 11) is 0. The van der Waals surface area contributed by atoms with E-state index in [9.17, 15) is 0 Å². The largest absolute Gasteiger partial charge is 0.338 e. The summed E-state index contributed by atoms with van der Waals surface area (Å²) in [6, 6.07) is 0. The Labute approximate surface area is 103 Å². The minimum absolute atomic E-state index is 0.545. The molecule has 0 aliphatic heterocycles. The van der Waals surface area contributed by atoms with Gasteiger partial charge in [0.25, 0.3) is 0 Å². The highest BCUT2D eigenvalue weighted by Crippen LogP contribution is 2.13. The molecule has 0 unspecified atom stereocenters. The maximum Gasteiger partial charge on any atom is 0.240 e. The fourth-order valence-corrected chi connectivity index (χ4v) is 1.59. The van der Waals surface area contributed by atoms with Gasteiger partial charge in [0, 0.05) is 6.54 Å². The van der Waals surface area contributed by atoms with E-state index in [-0.39, 0.29) is 0 Å². The summed E-state index contributed by atoms with van der Waals surface area (Å²) in [5.74, 6) is 1.83. The van der Waals surface area contributed by atoms with E-state index in [2.05, 4.69) is 35.8 Å². The van der Waals surface area contributed by atoms with Crippen LogP contribution in [0.1, 0.15) is 46.3 Å². The Morgan fingerprint density at radius 3 is 2.47 bits per heavy atom. The predicted octanol–water partition coefficient (Wildman–Crippen LogP) is 1.74. The third kappa shape index (κ3) is 4.44. The van der Waals surface area contributed by atoms with Crippen molar-refractivity contribution in [3.8, 4) is 0 Å². The van der Waals surface area contributed by atoms with Crippen molar-refractivity contribution in [1.82, 2.24) is 15.0 Å². The lowest BCUT2D eigenvalue weighted by Gasteiger charge is -2.20. The summed E-state index contributed by atoms with van der Waals surface area (Å²) in [6.07, 6.45) is 0. The lowest BCUT2D eigenvalue weighted by Crippen LogP contribution is -2.30. The van der Waals surface area contributed by atoms with Gasteiger partial charge in [-0.1, -0.05) is 25.9 Å². The highest BCUT2D eigenvalue weighted by Gasteiger charge is 2.22. The van der Waals surface area contributed by atoms with E-state index in [0.717, 1.165) is 13.1 Å². The Balaban J connectivity index is 2.65. The molecule has 0 bridgehead atoms. The van der Waals surface area contributed by atoms with Crippen LogP contribution in [0.4, 0.5) is 0 Å². The van der Waals surface area contributed by atoms with Crippen LogP contribution in [0.2, 0.25) is 0 Å². The van der Waals surface area contributed by atoms with Crippen molar-refractivity contribution < 1.29 is 4.52 Å². The summed E-state index contributed by atoms with van der Waals surface area (Å²) in [4.78, 5) is 6.62. The minimum Gasteiger partial charge on any atom is -0.338 e. The van der Waals surface area contributed by atoms with Crippen LogP contribution in [0.3, 0.4) is 0 Å². The molecular weight excluding hydrogens is 216 g/mol. The molecule has 1 heterocycles. The van der Waals surface area contributed by atoms with Crippen molar-refractivity contribution in [2.24, 2.45) is 11.7 Å². The van der Waals surface area contributed by atoms with Crippen LogP contribution in [0.5, 0.6) is 0 Å². The van der Waals surface area contributed by atoms with E-state index < -0.39 is 5.54 Å². The lowest BCUT2D eigenvalue weighted by atomic mass is 10.1. The lowest BCUT2D eigenvalue weighted by molar-refractivity contribution is 0.214. The van der Waals surface area contributed by atoms with Gasteiger partial charge in [0.05, 0.1) is 12.1 Å². The van der Waals surface area contributed by atoms with Crippen molar-refractivity contribution in [3.05, 3.63) is 11.7 Å². The molecule has 0 saturated carbocycles. The van der Waals surface area contributed by atoms with Gasteiger partial charge in [-0.25, -0.2) is 0 Å². The van der Waals surface area contributed by atoms with Gasteiger partial charge in [0.2, 0.25) is 5.89 Å². The average molecular weight is 240 g/mol. The summed E-state index contributed by atoms with van der Waals surface area (Å²) in [6.45, 7) is 13.0. The van der Waals surface area contributed by atoms with Crippen molar-refractivity contribution in [2.45, 2.75) is 46.7 Å². The number of rotatable bonds is 6. The highest BCUT2D eigenvalue weighted by molar-refractivity contribution is 4.98. The van der Waals surface area contributed by atoms with Crippen molar-refractivity contribution in [2.75, 3.05) is 13.1 Å². The molecule has 0 saturated heterocycles. The summed E-state index contributed by atoms with van der Waals surface area (Å²) in [5.41, 5.74) is 5.37. The SMILES string of the molecule is CCN(Cc1nc(C(C)(C)N)no1)CC(C)C. The van der Waals surface area contributed by atoms with Crippen molar-refractivity contribution in [3.63, 3.8) is 0 Å². The van der Waals surface area contributed by atoms with Crippen LogP contribution in [-0.2, 0) is 12.1 Å². The molecule has 1 rings (SSSR count). The fourth-order valence-electron chi connectivity index (χ4n) is 1.59. The number of hydrogen-bond acceptors (Lipinski definition) is 5. The zero-order valence-corrected chi connectivity index (χ0v) is 11.5. The van der Waals surface area contributed by atoms with Crippen LogP contribution in [0.25, 0.3) is 0 Å². The van der Waals surface area contributed by atoms with Gasteiger partial charge in [-0.2, -0.15) is 4.98 Å². The van der Waals surface area contributed by atoms with Gasteiger partial charge in [-0.15, -0.1) is 0 Å². The first-order chi connectivity index (χ1) is 7.82. The Kier molecular flexibility index (Phi) is 4.65. The Morgan fingerprint density at radius 2 is 2.06 bits per heavy atom. The molecule has 0 amide bonds. The van der Waals surface area contributed by atoms with E-state index in [4.69, 9.17) is 10.3 Å². The third-order valence-corrected chi connectivity index (χ3v) is 2.47. The van der Waals surface area contributed by atoms with Crippen LogP contribution >= 0.6 is 0 Å². The molecule has 0 aromatic carbocycles. The zero-order chi connectivity index (χ0) is 13.1. The van der Waals surface area contributed by atoms with E-state index in [1.54, 1.807) is 0 Å². The summed E-state index contributed by atoms with van der Waals surface area (Å²) < 4.78 is 5.22. The van der Waals surface area contributed by atoms with Crippen LogP contribution < -0.4 is 5.73 Å². The molecule has 0 spiro atoms. The maximum atomic E-state index is 5.92. The van der Waals surface area contributed by atoms with Crippen LogP contribution in [0, 0.1) is 5.92 Å². The first kappa shape index (κ1) is 14.1. The van der Waals surface area contributed by atoms with Gasteiger partial charge < -0.3 is 10.3 Å². The first-order valence-corrected chi connectivity index (χ1v) is 6.17. The standard InChI is InChI=1S/C12H24N4O/c1-6-16(7-9(2)3)8-10-14-11(15-17-10)12(4,5)13/h9H,6-8,13H2,1-5H3. The minimum atomic E-state index is -0.545. The molecule has 0 fully saturated rings. The van der Waals surface area contributed by atoms with Gasteiger partial charge in [0.15, 0.2) is 5.82 Å². The Morgan fingerprint density at radius 1 is 1.41 bits per heavy atom. The van der Waals surface area contributed by atoms with Crippen LogP contribution in [0.15, 0.2) is 4.52 Å². The second kappa shape index (κ2) is 5.60. The highest BCUT2D eigenvalue weighted by atomic mass is 16.5. The smallest absolute Gasteiger partial charge is 0.240 e. The van der Waals surface area contributed by atoms with E-state index in [1.165, 1.54) is 0 Å². The molecule has 0 aliphatic rings. The fraction of sp³-hybridized carbons (Fsp3) is 0.833. The predicted molar refractivity (Wildman–Crippen MR) is 67.3 cm³/mol. The molecule has 0 aliphatic carbocycles. The molecule has 0 atom stereocenters. The average Bonchev–Trinajstić information content (AvgIpc) is 2.63. The molecule has 1 aromatic heterocycles. The zero-order valence-electron chi connectivity index (χ0n) is 11.5. The van der Waals surface area contributed by atoms with Crippen molar-refractivity contribution in [1.29, 1.82) is 0 Å². The van der Waals surface area contributed by atoms with Gasteiger partial charge in [0.1, 0.15) is 0 Å². The number of nitrogens with zero attached hydrogens (tertiary/aromatic N) is 3.